The average molecular weight is 604 g/mol. The first kappa shape index (κ1) is 30.8. The van der Waals surface area contributed by atoms with E-state index in [1.165, 1.54) is 30.1 Å². The summed E-state index contributed by atoms with van der Waals surface area (Å²) in [5, 5.41) is 3.01. The highest BCUT2D eigenvalue weighted by molar-refractivity contribution is 7.92. The summed E-state index contributed by atoms with van der Waals surface area (Å²) in [7, 11) is -2.66. The number of carbonyl (C=O) groups is 2. The Morgan fingerprint density at radius 1 is 0.810 bits per heavy atom. The molecule has 1 N–H and O–H groups in total. The van der Waals surface area contributed by atoms with E-state index in [4.69, 9.17) is 11.6 Å². The van der Waals surface area contributed by atoms with E-state index < -0.39 is 28.5 Å². The molecule has 0 heterocycles. The van der Waals surface area contributed by atoms with Crippen LogP contribution in [0.4, 0.5) is 5.69 Å². The molecule has 0 aliphatic carbocycles. The standard InChI is InChI=1S/C33H34ClN3O4S/c1-24-12-16-27(17-13-24)22-36(31(33(39)35-3)20-26-8-5-4-6-9-26)32(38)23-37(29-11-7-10-28(34)21-29)42(40,41)30-18-14-25(2)15-19-30/h4-19,21,31H,20,22-23H2,1-3H3,(H,35,39). The van der Waals surface area contributed by atoms with Gasteiger partial charge < -0.3 is 10.2 Å². The van der Waals surface area contributed by atoms with Crippen LogP contribution in [0.15, 0.2) is 108 Å². The Hall–Kier alpha value is -4.14. The van der Waals surface area contributed by atoms with Crippen molar-refractivity contribution in [1.29, 1.82) is 0 Å². The molecule has 0 saturated carbocycles. The molecule has 4 rings (SSSR count). The Kier molecular flexibility index (Phi) is 10.0. The van der Waals surface area contributed by atoms with E-state index in [2.05, 4.69) is 5.32 Å². The van der Waals surface area contributed by atoms with Gasteiger partial charge in [0.2, 0.25) is 11.8 Å². The zero-order valence-electron chi connectivity index (χ0n) is 23.8. The molecule has 4 aromatic carbocycles. The molecular weight excluding hydrogens is 570 g/mol. The second-order valence-corrected chi connectivity index (χ2v) is 12.4. The number of anilines is 1. The van der Waals surface area contributed by atoms with Gasteiger partial charge in [-0.2, -0.15) is 0 Å². The van der Waals surface area contributed by atoms with Gasteiger partial charge in [-0.1, -0.05) is 95.5 Å². The highest BCUT2D eigenvalue weighted by Gasteiger charge is 2.34. The Morgan fingerprint density at radius 3 is 2.02 bits per heavy atom. The molecule has 0 radical (unpaired) electrons. The molecule has 7 nitrogen and oxygen atoms in total. The molecule has 0 saturated heterocycles. The summed E-state index contributed by atoms with van der Waals surface area (Å²) < 4.78 is 29.0. The molecular formula is C33H34ClN3O4S. The van der Waals surface area contributed by atoms with Crippen molar-refractivity contribution < 1.29 is 18.0 Å². The fraction of sp³-hybridized carbons (Fsp3) is 0.212. The number of halogens is 1. The van der Waals surface area contributed by atoms with Crippen LogP contribution >= 0.6 is 11.6 Å². The van der Waals surface area contributed by atoms with E-state index in [0.717, 1.165) is 26.6 Å². The first-order valence-corrected chi connectivity index (χ1v) is 15.4. The van der Waals surface area contributed by atoms with E-state index in [0.29, 0.717) is 5.02 Å². The number of sulfonamides is 1. The first-order valence-electron chi connectivity index (χ1n) is 13.5. The lowest BCUT2D eigenvalue weighted by Crippen LogP contribution is -2.53. The molecule has 0 bridgehead atoms. The number of hydrogen-bond acceptors (Lipinski definition) is 4. The van der Waals surface area contributed by atoms with Crippen molar-refractivity contribution >= 4 is 39.1 Å². The largest absolute Gasteiger partial charge is 0.357 e. The van der Waals surface area contributed by atoms with Crippen molar-refractivity contribution in [2.24, 2.45) is 0 Å². The monoisotopic (exact) mass is 603 g/mol. The average Bonchev–Trinajstić information content (AvgIpc) is 2.98. The van der Waals surface area contributed by atoms with Gasteiger partial charge in [-0.15, -0.1) is 0 Å². The second kappa shape index (κ2) is 13.7. The van der Waals surface area contributed by atoms with Gasteiger partial charge in [0.05, 0.1) is 10.6 Å². The van der Waals surface area contributed by atoms with Crippen molar-refractivity contribution in [3.8, 4) is 0 Å². The number of carbonyl (C=O) groups excluding carboxylic acids is 2. The minimum Gasteiger partial charge on any atom is -0.357 e. The van der Waals surface area contributed by atoms with Crippen LogP contribution in [0.5, 0.6) is 0 Å². The molecule has 9 heteroatoms. The van der Waals surface area contributed by atoms with E-state index in [1.54, 1.807) is 30.3 Å². The lowest BCUT2D eigenvalue weighted by Gasteiger charge is -2.33. The zero-order chi connectivity index (χ0) is 30.3. The van der Waals surface area contributed by atoms with Crippen LogP contribution in [-0.2, 0) is 32.6 Å². The normalized spacial score (nSPS) is 11.9. The summed E-state index contributed by atoms with van der Waals surface area (Å²) in [5.41, 5.74) is 3.88. The Labute approximate surface area is 252 Å². The predicted octanol–water partition coefficient (Wildman–Crippen LogP) is 5.54. The van der Waals surface area contributed by atoms with Gasteiger partial charge in [0, 0.05) is 25.0 Å². The van der Waals surface area contributed by atoms with Crippen LogP contribution in [0.2, 0.25) is 5.02 Å². The fourth-order valence-electron chi connectivity index (χ4n) is 4.61. The Balaban J connectivity index is 1.78. The van der Waals surface area contributed by atoms with Crippen molar-refractivity contribution in [2.45, 2.75) is 37.8 Å². The highest BCUT2D eigenvalue weighted by Crippen LogP contribution is 2.27. The summed E-state index contributed by atoms with van der Waals surface area (Å²) in [6.45, 7) is 3.40. The van der Waals surface area contributed by atoms with Crippen LogP contribution in [-0.4, -0.2) is 44.8 Å². The summed E-state index contributed by atoms with van der Waals surface area (Å²) in [6, 6.07) is 29.0. The number of hydrogen-bond donors (Lipinski definition) is 1. The Bertz CT molecular complexity index is 1630. The summed E-state index contributed by atoms with van der Waals surface area (Å²) in [5.74, 6) is -0.884. The summed E-state index contributed by atoms with van der Waals surface area (Å²) in [6.07, 6.45) is 0.250. The van der Waals surface area contributed by atoms with Gasteiger partial charge in [0.25, 0.3) is 10.0 Å². The molecule has 0 fully saturated rings. The van der Waals surface area contributed by atoms with E-state index in [-0.39, 0.29) is 29.5 Å². The summed E-state index contributed by atoms with van der Waals surface area (Å²) >= 11 is 6.26. The van der Waals surface area contributed by atoms with E-state index in [9.17, 15) is 18.0 Å². The van der Waals surface area contributed by atoms with Gasteiger partial charge in [0.15, 0.2) is 0 Å². The summed E-state index contributed by atoms with van der Waals surface area (Å²) in [4.78, 5) is 29.1. The maximum absolute atomic E-state index is 14.3. The lowest BCUT2D eigenvalue weighted by molar-refractivity contribution is -0.139. The quantitative estimate of drug-likeness (QED) is 0.244. The van der Waals surface area contributed by atoms with Crippen LogP contribution in [0.1, 0.15) is 22.3 Å². The van der Waals surface area contributed by atoms with Crippen LogP contribution in [0, 0.1) is 13.8 Å². The van der Waals surface area contributed by atoms with Gasteiger partial charge >= 0.3 is 0 Å². The molecule has 42 heavy (non-hydrogen) atoms. The number of benzene rings is 4. The molecule has 2 amide bonds. The molecule has 0 aromatic heterocycles. The lowest BCUT2D eigenvalue weighted by atomic mass is 10.0. The van der Waals surface area contributed by atoms with Crippen LogP contribution in [0.3, 0.4) is 0 Å². The van der Waals surface area contributed by atoms with E-state index in [1.807, 2.05) is 68.4 Å². The third-order valence-corrected chi connectivity index (χ3v) is 9.00. The third-order valence-electron chi connectivity index (χ3n) is 6.98. The second-order valence-electron chi connectivity index (χ2n) is 10.1. The predicted molar refractivity (Wildman–Crippen MR) is 167 cm³/mol. The zero-order valence-corrected chi connectivity index (χ0v) is 25.4. The Morgan fingerprint density at radius 2 is 1.43 bits per heavy atom. The van der Waals surface area contributed by atoms with Gasteiger partial charge in [-0.3, -0.25) is 13.9 Å². The fourth-order valence-corrected chi connectivity index (χ4v) is 6.20. The number of amides is 2. The molecule has 4 aromatic rings. The van der Waals surface area contributed by atoms with Crippen molar-refractivity contribution in [2.75, 3.05) is 17.9 Å². The molecule has 0 spiro atoms. The minimum atomic E-state index is -4.18. The smallest absolute Gasteiger partial charge is 0.264 e. The molecule has 218 valence electrons. The first-order chi connectivity index (χ1) is 20.1. The number of rotatable bonds is 11. The maximum atomic E-state index is 14.3. The van der Waals surface area contributed by atoms with Crippen LogP contribution in [0.25, 0.3) is 0 Å². The van der Waals surface area contributed by atoms with Gasteiger partial charge in [0.1, 0.15) is 12.6 Å². The maximum Gasteiger partial charge on any atom is 0.264 e. The SMILES string of the molecule is CNC(=O)C(Cc1ccccc1)N(Cc1ccc(C)cc1)C(=O)CN(c1cccc(Cl)c1)S(=O)(=O)c1ccc(C)cc1. The van der Waals surface area contributed by atoms with Crippen LogP contribution < -0.4 is 9.62 Å². The number of likely N-dealkylation sites (N-methyl/N-ethyl adjacent to an activating group) is 1. The topological polar surface area (TPSA) is 86.8 Å². The molecule has 1 unspecified atom stereocenters. The number of nitrogens with zero attached hydrogens (tertiary/aromatic N) is 2. The van der Waals surface area contributed by atoms with Crippen molar-refractivity contribution in [3.05, 3.63) is 130 Å². The third kappa shape index (κ3) is 7.57. The molecule has 0 aliphatic rings. The van der Waals surface area contributed by atoms with E-state index >= 15 is 0 Å². The highest BCUT2D eigenvalue weighted by atomic mass is 35.5. The van der Waals surface area contributed by atoms with Crippen molar-refractivity contribution in [3.63, 3.8) is 0 Å². The van der Waals surface area contributed by atoms with Crippen molar-refractivity contribution in [1.82, 2.24) is 10.2 Å². The number of nitrogens with one attached hydrogen (secondary N) is 1. The minimum absolute atomic E-state index is 0.0399. The van der Waals surface area contributed by atoms with Gasteiger partial charge in [-0.05, 0) is 55.3 Å². The number of aryl methyl sites for hydroxylation is 2. The van der Waals surface area contributed by atoms with Gasteiger partial charge in [-0.25, -0.2) is 8.42 Å². The molecule has 1 atom stereocenters. The molecule has 0 aliphatic heterocycles.